The minimum absolute atomic E-state index is 0.289. The summed E-state index contributed by atoms with van der Waals surface area (Å²) in [4.78, 5) is 9.46. The van der Waals surface area contributed by atoms with Crippen LogP contribution in [0, 0.1) is 6.92 Å². The van der Waals surface area contributed by atoms with Gasteiger partial charge in [-0.2, -0.15) is 0 Å². The highest BCUT2D eigenvalue weighted by atomic mass is 16.3. The first-order valence-corrected chi connectivity index (χ1v) is 8.63. The molecular weight excluding hydrogens is 288 g/mol. The molecule has 0 amide bonds. The first-order chi connectivity index (χ1) is 11.2. The molecule has 1 saturated heterocycles. The summed E-state index contributed by atoms with van der Waals surface area (Å²) in [5, 5.41) is 8.96. The zero-order chi connectivity index (χ0) is 16.2. The number of rotatable bonds is 6. The second-order valence-corrected chi connectivity index (χ2v) is 6.75. The fourth-order valence-corrected chi connectivity index (χ4v) is 3.50. The molecule has 126 valence electrons. The Morgan fingerprint density at radius 3 is 2.87 bits per heavy atom. The molecule has 3 heterocycles. The molecule has 3 rings (SSSR count). The lowest BCUT2D eigenvalue weighted by molar-refractivity contribution is 0.116. The third kappa shape index (κ3) is 3.91. The van der Waals surface area contributed by atoms with Crippen molar-refractivity contribution < 1.29 is 5.11 Å². The second-order valence-electron chi connectivity index (χ2n) is 6.75. The topological polar surface area (TPSA) is 44.0 Å². The lowest BCUT2D eigenvalue weighted by Crippen LogP contribution is -2.43. The standard InChI is InChI=1S/C18H28N4O/c1-15-4-10-22-17(13-19-18(22)12-15)14-21-8-5-16(6-9-21)20(2)7-3-11-23/h4,10,12-13,16,23H,3,5-9,11,14H2,1-2H3. The van der Waals surface area contributed by atoms with Crippen LogP contribution in [0.2, 0.25) is 0 Å². The van der Waals surface area contributed by atoms with Crippen molar-refractivity contribution in [3.8, 4) is 0 Å². The van der Waals surface area contributed by atoms with E-state index in [1.165, 1.54) is 24.1 Å². The van der Waals surface area contributed by atoms with E-state index in [1.54, 1.807) is 0 Å². The Morgan fingerprint density at radius 2 is 2.13 bits per heavy atom. The minimum atomic E-state index is 0.289. The summed E-state index contributed by atoms with van der Waals surface area (Å²) < 4.78 is 2.20. The number of aliphatic hydroxyl groups is 1. The number of nitrogens with zero attached hydrogens (tertiary/aromatic N) is 4. The van der Waals surface area contributed by atoms with E-state index in [0.717, 1.165) is 38.2 Å². The van der Waals surface area contributed by atoms with Crippen molar-refractivity contribution in [1.29, 1.82) is 0 Å². The molecular formula is C18H28N4O. The Balaban J connectivity index is 1.56. The van der Waals surface area contributed by atoms with Crippen LogP contribution >= 0.6 is 0 Å². The molecule has 2 aromatic rings. The Hall–Kier alpha value is -1.43. The molecule has 0 bridgehead atoms. The number of aromatic nitrogens is 2. The van der Waals surface area contributed by atoms with Crippen LogP contribution in [0.3, 0.4) is 0 Å². The van der Waals surface area contributed by atoms with Crippen LogP contribution in [0.5, 0.6) is 0 Å². The molecule has 0 aliphatic carbocycles. The predicted octanol–water partition coefficient (Wildman–Crippen LogP) is 1.92. The summed E-state index contributed by atoms with van der Waals surface area (Å²) in [6.45, 7) is 6.62. The van der Waals surface area contributed by atoms with Gasteiger partial charge in [0.25, 0.3) is 0 Å². The van der Waals surface area contributed by atoms with Gasteiger partial charge in [0.15, 0.2) is 0 Å². The summed E-state index contributed by atoms with van der Waals surface area (Å²) in [7, 11) is 2.18. The monoisotopic (exact) mass is 316 g/mol. The maximum atomic E-state index is 8.96. The molecule has 5 heteroatoms. The number of aliphatic hydroxyl groups excluding tert-OH is 1. The number of piperidine rings is 1. The molecule has 0 spiro atoms. The highest BCUT2D eigenvalue weighted by Gasteiger charge is 2.22. The van der Waals surface area contributed by atoms with Gasteiger partial charge in [0.1, 0.15) is 5.65 Å². The SMILES string of the molecule is Cc1ccn2c(CN3CCC(N(C)CCCO)CC3)cnc2c1. The highest BCUT2D eigenvalue weighted by Crippen LogP contribution is 2.18. The number of pyridine rings is 1. The lowest BCUT2D eigenvalue weighted by Gasteiger charge is -2.36. The Bertz CT molecular complexity index is 631. The van der Waals surface area contributed by atoms with Crippen LogP contribution in [0.25, 0.3) is 5.65 Å². The number of imidazole rings is 1. The molecule has 1 fully saturated rings. The van der Waals surface area contributed by atoms with E-state index < -0.39 is 0 Å². The molecule has 0 radical (unpaired) electrons. The van der Waals surface area contributed by atoms with Gasteiger partial charge in [0, 0.05) is 45.0 Å². The Labute approximate surface area is 138 Å². The van der Waals surface area contributed by atoms with Crippen LogP contribution in [-0.4, -0.2) is 63.6 Å². The molecule has 23 heavy (non-hydrogen) atoms. The number of hydrogen-bond acceptors (Lipinski definition) is 4. The van der Waals surface area contributed by atoms with E-state index in [1.807, 2.05) is 6.20 Å². The normalized spacial score (nSPS) is 17.4. The molecule has 0 atom stereocenters. The summed E-state index contributed by atoms with van der Waals surface area (Å²) in [5.74, 6) is 0. The van der Waals surface area contributed by atoms with Gasteiger partial charge in [0.05, 0.1) is 11.9 Å². The first-order valence-electron chi connectivity index (χ1n) is 8.63. The third-order valence-electron chi connectivity index (χ3n) is 4.98. The number of hydrogen-bond donors (Lipinski definition) is 1. The Morgan fingerprint density at radius 1 is 1.35 bits per heavy atom. The van der Waals surface area contributed by atoms with Crippen molar-refractivity contribution in [3.63, 3.8) is 0 Å². The highest BCUT2D eigenvalue weighted by molar-refractivity contribution is 5.42. The van der Waals surface area contributed by atoms with E-state index >= 15 is 0 Å². The lowest BCUT2D eigenvalue weighted by atomic mass is 10.0. The molecule has 5 nitrogen and oxygen atoms in total. The van der Waals surface area contributed by atoms with Gasteiger partial charge in [-0.05, 0) is 50.9 Å². The second kappa shape index (κ2) is 7.43. The molecule has 0 saturated carbocycles. The summed E-state index contributed by atoms with van der Waals surface area (Å²) in [6.07, 6.45) is 7.42. The van der Waals surface area contributed by atoms with Gasteiger partial charge in [0.2, 0.25) is 0 Å². The molecule has 2 aromatic heterocycles. The van der Waals surface area contributed by atoms with Crippen LogP contribution in [-0.2, 0) is 6.54 Å². The van der Waals surface area contributed by atoms with E-state index in [2.05, 4.69) is 51.5 Å². The Kier molecular flexibility index (Phi) is 5.30. The quantitative estimate of drug-likeness (QED) is 0.884. The van der Waals surface area contributed by atoms with Crippen molar-refractivity contribution in [1.82, 2.24) is 19.2 Å². The first kappa shape index (κ1) is 16.4. The predicted molar refractivity (Wildman–Crippen MR) is 92.6 cm³/mol. The smallest absolute Gasteiger partial charge is 0.137 e. The van der Waals surface area contributed by atoms with E-state index in [-0.39, 0.29) is 6.61 Å². The van der Waals surface area contributed by atoms with Gasteiger partial charge in [-0.3, -0.25) is 4.90 Å². The van der Waals surface area contributed by atoms with Gasteiger partial charge < -0.3 is 14.4 Å². The van der Waals surface area contributed by atoms with Crippen molar-refractivity contribution in [3.05, 3.63) is 35.8 Å². The van der Waals surface area contributed by atoms with Gasteiger partial charge in [-0.25, -0.2) is 4.98 Å². The summed E-state index contributed by atoms with van der Waals surface area (Å²) in [6, 6.07) is 4.93. The minimum Gasteiger partial charge on any atom is -0.396 e. The fourth-order valence-electron chi connectivity index (χ4n) is 3.50. The molecule has 1 aliphatic heterocycles. The maximum Gasteiger partial charge on any atom is 0.137 e. The number of likely N-dealkylation sites (tertiary alicyclic amines) is 1. The third-order valence-corrected chi connectivity index (χ3v) is 4.98. The molecule has 0 aromatic carbocycles. The zero-order valence-corrected chi connectivity index (χ0v) is 14.3. The van der Waals surface area contributed by atoms with Gasteiger partial charge in [-0.15, -0.1) is 0 Å². The number of fused-ring (bicyclic) bond motifs is 1. The van der Waals surface area contributed by atoms with Crippen molar-refractivity contribution in [2.75, 3.05) is 33.3 Å². The largest absolute Gasteiger partial charge is 0.396 e. The average Bonchev–Trinajstić information content (AvgIpc) is 2.95. The van der Waals surface area contributed by atoms with Gasteiger partial charge >= 0.3 is 0 Å². The fraction of sp³-hybridized carbons (Fsp3) is 0.611. The van der Waals surface area contributed by atoms with Gasteiger partial charge in [-0.1, -0.05) is 0 Å². The van der Waals surface area contributed by atoms with Crippen LogP contribution in [0.1, 0.15) is 30.5 Å². The van der Waals surface area contributed by atoms with E-state index in [4.69, 9.17) is 5.11 Å². The molecule has 1 aliphatic rings. The molecule has 0 unspecified atom stereocenters. The molecule has 1 N–H and O–H groups in total. The van der Waals surface area contributed by atoms with Crippen molar-refractivity contribution in [2.45, 2.75) is 38.8 Å². The van der Waals surface area contributed by atoms with Crippen molar-refractivity contribution in [2.24, 2.45) is 0 Å². The van der Waals surface area contributed by atoms with E-state index in [0.29, 0.717) is 6.04 Å². The average molecular weight is 316 g/mol. The van der Waals surface area contributed by atoms with Crippen LogP contribution in [0.4, 0.5) is 0 Å². The van der Waals surface area contributed by atoms with Crippen LogP contribution in [0.15, 0.2) is 24.5 Å². The number of aryl methyl sites for hydroxylation is 1. The maximum absolute atomic E-state index is 8.96. The van der Waals surface area contributed by atoms with Crippen LogP contribution < -0.4 is 0 Å². The van der Waals surface area contributed by atoms with Crippen molar-refractivity contribution >= 4 is 5.65 Å². The summed E-state index contributed by atoms with van der Waals surface area (Å²) in [5.41, 5.74) is 3.56. The summed E-state index contributed by atoms with van der Waals surface area (Å²) >= 11 is 0. The zero-order valence-electron chi connectivity index (χ0n) is 14.3. The van der Waals surface area contributed by atoms with E-state index in [9.17, 15) is 0 Å².